The molecule has 0 radical (unpaired) electrons. The van der Waals surface area contributed by atoms with Gasteiger partial charge in [-0.25, -0.2) is 4.57 Å². The van der Waals surface area contributed by atoms with E-state index in [2.05, 4.69) is 21.6 Å². The number of carbonyl (C=O) groups excluding carboxylic acids is 1. The summed E-state index contributed by atoms with van der Waals surface area (Å²) >= 11 is 1.25. The Balaban J connectivity index is 1.50. The van der Waals surface area contributed by atoms with Gasteiger partial charge in [0.25, 0.3) is 5.56 Å². The van der Waals surface area contributed by atoms with Crippen LogP contribution in [0.3, 0.4) is 0 Å². The Morgan fingerprint density at radius 1 is 1.09 bits per heavy atom. The summed E-state index contributed by atoms with van der Waals surface area (Å²) in [5, 5.41) is 22.5. The maximum absolute atomic E-state index is 13.4. The number of hydrogen-bond donors (Lipinski definition) is 1. The average Bonchev–Trinajstić information content (AvgIpc) is 3.15. The molecule has 1 N–H and O–H groups in total. The highest BCUT2D eigenvalue weighted by Crippen LogP contribution is 2.28. The van der Waals surface area contributed by atoms with Crippen LogP contribution in [-0.4, -0.2) is 36.4 Å². The number of para-hydroxylation sites is 1. The third kappa shape index (κ3) is 4.42. The molecule has 8 nitrogen and oxygen atoms in total. The van der Waals surface area contributed by atoms with Crippen LogP contribution in [0.4, 0.5) is 0 Å². The molecule has 178 valence electrons. The van der Waals surface area contributed by atoms with E-state index in [1.54, 1.807) is 10.6 Å². The lowest BCUT2D eigenvalue weighted by atomic mass is 9.92. The topological polar surface area (TPSA) is 105 Å². The standard InChI is InChI=1S/C26H26N6O2S/c1-18-10-12-19(13-11-18)31-23(34)20-8-4-5-9-21(20)32-24(31)29-30-25(32)35-16-22(33)28-26(17-27)14-6-2-3-7-15-26/h4-5,8-13H,2-3,6-7,14-16H2,1H3,(H,28,33). The van der Waals surface area contributed by atoms with Crippen molar-refractivity contribution in [2.75, 3.05) is 5.75 Å². The number of aryl methyl sites for hydroxylation is 1. The Morgan fingerprint density at radius 2 is 1.80 bits per heavy atom. The van der Waals surface area contributed by atoms with Crippen molar-refractivity contribution in [1.29, 1.82) is 5.26 Å². The van der Waals surface area contributed by atoms with E-state index in [9.17, 15) is 14.9 Å². The first-order valence-electron chi connectivity index (χ1n) is 11.8. The Morgan fingerprint density at radius 3 is 2.51 bits per heavy atom. The zero-order valence-corrected chi connectivity index (χ0v) is 20.3. The van der Waals surface area contributed by atoms with Gasteiger partial charge in [-0.2, -0.15) is 5.26 Å². The minimum Gasteiger partial charge on any atom is -0.337 e. The van der Waals surface area contributed by atoms with E-state index in [1.165, 1.54) is 11.8 Å². The molecule has 1 saturated carbocycles. The molecule has 1 aliphatic rings. The highest BCUT2D eigenvalue weighted by atomic mass is 32.2. The van der Waals surface area contributed by atoms with Gasteiger partial charge in [-0.05, 0) is 44.0 Å². The summed E-state index contributed by atoms with van der Waals surface area (Å²) in [6.07, 6.45) is 5.43. The fourth-order valence-electron chi connectivity index (χ4n) is 4.73. The van der Waals surface area contributed by atoms with Gasteiger partial charge >= 0.3 is 0 Å². The normalized spacial score (nSPS) is 15.5. The second-order valence-electron chi connectivity index (χ2n) is 9.06. The van der Waals surface area contributed by atoms with Gasteiger partial charge in [0.1, 0.15) is 5.54 Å². The van der Waals surface area contributed by atoms with E-state index in [0.717, 1.165) is 31.2 Å². The molecular weight excluding hydrogens is 460 g/mol. The van der Waals surface area contributed by atoms with Crippen molar-refractivity contribution in [1.82, 2.24) is 24.5 Å². The molecule has 0 bridgehead atoms. The molecular formula is C26H26N6O2S. The summed E-state index contributed by atoms with van der Waals surface area (Å²) in [7, 11) is 0. The second kappa shape index (κ2) is 9.55. The predicted octanol–water partition coefficient (Wildman–Crippen LogP) is 4.17. The molecule has 9 heteroatoms. The fourth-order valence-corrected chi connectivity index (χ4v) is 5.47. The van der Waals surface area contributed by atoms with Crippen LogP contribution in [0.25, 0.3) is 22.4 Å². The minimum atomic E-state index is -0.792. The van der Waals surface area contributed by atoms with Gasteiger partial charge < -0.3 is 5.32 Å². The number of rotatable bonds is 5. The Kier molecular flexibility index (Phi) is 6.31. The smallest absolute Gasteiger partial charge is 0.267 e. The second-order valence-corrected chi connectivity index (χ2v) is 10.00. The number of thioether (sulfide) groups is 1. The van der Waals surface area contributed by atoms with Crippen molar-refractivity contribution < 1.29 is 4.79 Å². The number of nitrogens with one attached hydrogen (secondary N) is 1. The summed E-state index contributed by atoms with van der Waals surface area (Å²) < 4.78 is 3.37. The molecule has 0 saturated heterocycles. The highest BCUT2D eigenvalue weighted by molar-refractivity contribution is 7.99. The summed E-state index contributed by atoms with van der Waals surface area (Å²) in [6.45, 7) is 1.99. The van der Waals surface area contributed by atoms with Gasteiger partial charge in [0, 0.05) is 0 Å². The lowest BCUT2D eigenvalue weighted by Gasteiger charge is -2.26. The van der Waals surface area contributed by atoms with E-state index in [-0.39, 0.29) is 17.2 Å². The average molecular weight is 487 g/mol. The quantitative estimate of drug-likeness (QED) is 0.335. The first-order valence-corrected chi connectivity index (χ1v) is 12.8. The van der Waals surface area contributed by atoms with Crippen molar-refractivity contribution in [3.05, 3.63) is 64.4 Å². The Labute approximate surface area is 207 Å². The summed E-state index contributed by atoms with van der Waals surface area (Å²) in [5.41, 5.74) is 1.50. The predicted molar refractivity (Wildman–Crippen MR) is 136 cm³/mol. The lowest BCUT2D eigenvalue weighted by molar-refractivity contribution is -0.120. The molecule has 5 rings (SSSR count). The molecule has 0 atom stereocenters. The molecule has 2 aromatic heterocycles. The molecule has 0 spiro atoms. The van der Waals surface area contributed by atoms with Crippen LogP contribution in [0.5, 0.6) is 0 Å². The summed E-state index contributed by atoms with van der Waals surface area (Å²) in [4.78, 5) is 26.3. The minimum absolute atomic E-state index is 0.0994. The monoisotopic (exact) mass is 486 g/mol. The maximum Gasteiger partial charge on any atom is 0.267 e. The van der Waals surface area contributed by atoms with Crippen LogP contribution in [0.2, 0.25) is 0 Å². The number of nitriles is 1. The van der Waals surface area contributed by atoms with E-state index in [4.69, 9.17) is 0 Å². The SMILES string of the molecule is Cc1ccc(-n2c(=O)c3ccccc3n3c(SCC(=O)NC4(C#N)CCCCCC4)nnc23)cc1. The van der Waals surface area contributed by atoms with Crippen molar-refractivity contribution in [2.24, 2.45) is 0 Å². The van der Waals surface area contributed by atoms with Gasteiger partial charge in [0.05, 0.1) is 28.4 Å². The fraction of sp³-hybridized carbons (Fsp3) is 0.346. The summed E-state index contributed by atoms with van der Waals surface area (Å²) in [6, 6.07) is 17.3. The Hall–Kier alpha value is -3.64. The number of hydrogen-bond acceptors (Lipinski definition) is 6. The number of carbonyl (C=O) groups is 1. The molecule has 1 fully saturated rings. The number of nitrogens with zero attached hydrogens (tertiary/aromatic N) is 5. The highest BCUT2D eigenvalue weighted by Gasteiger charge is 2.32. The third-order valence-corrected chi connectivity index (χ3v) is 7.50. The van der Waals surface area contributed by atoms with Gasteiger partial charge in [-0.1, -0.05) is 67.3 Å². The molecule has 0 aliphatic heterocycles. The van der Waals surface area contributed by atoms with E-state index in [0.29, 0.717) is 40.4 Å². The van der Waals surface area contributed by atoms with E-state index >= 15 is 0 Å². The van der Waals surface area contributed by atoms with Gasteiger partial charge in [-0.3, -0.25) is 14.0 Å². The van der Waals surface area contributed by atoms with Crippen LogP contribution < -0.4 is 10.9 Å². The molecule has 2 aromatic carbocycles. The first kappa shape index (κ1) is 23.1. The number of benzene rings is 2. The zero-order valence-electron chi connectivity index (χ0n) is 19.5. The largest absolute Gasteiger partial charge is 0.337 e. The number of fused-ring (bicyclic) bond motifs is 3. The van der Waals surface area contributed by atoms with Crippen LogP contribution in [0, 0.1) is 18.3 Å². The van der Waals surface area contributed by atoms with E-state index < -0.39 is 5.54 Å². The maximum atomic E-state index is 13.4. The van der Waals surface area contributed by atoms with Gasteiger partial charge in [0.15, 0.2) is 5.16 Å². The van der Waals surface area contributed by atoms with Crippen LogP contribution >= 0.6 is 11.8 Å². The first-order chi connectivity index (χ1) is 17.0. The molecule has 0 unspecified atom stereocenters. The molecule has 4 aromatic rings. The Bertz CT molecular complexity index is 1490. The van der Waals surface area contributed by atoms with Crippen molar-refractivity contribution in [3.8, 4) is 11.8 Å². The van der Waals surface area contributed by atoms with Gasteiger partial charge in [0.2, 0.25) is 11.7 Å². The van der Waals surface area contributed by atoms with Gasteiger partial charge in [-0.15, -0.1) is 10.2 Å². The molecule has 35 heavy (non-hydrogen) atoms. The van der Waals surface area contributed by atoms with Crippen LogP contribution in [0.1, 0.15) is 44.1 Å². The molecule has 1 amide bonds. The zero-order chi connectivity index (χ0) is 24.4. The third-order valence-electron chi connectivity index (χ3n) is 6.57. The van der Waals surface area contributed by atoms with Crippen LogP contribution in [0.15, 0.2) is 58.5 Å². The van der Waals surface area contributed by atoms with Crippen LogP contribution in [-0.2, 0) is 4.79 Å². The number of aromatic nitrogens is 4. The van der Waals surface area contributed by atoms with Crippen molar-refractivity contribution in [3.63, 3.8) is 0 Å². The molecule has 2 heterocycles. The number of amides is 1. The van der Waals surface area contributed by atoms with Crippen molar-refractivity contribution >= 4 is 34.3 Å². The van der Waals surface area contributed by atoms with E-state index in [1.807, 2.05) is 53.8 Å². The summed E-state index contributed by atoms with van der Waals surface area (Å²) in [5.74, 6) is 0.284. The molecule has 1 aliphatic carbocycles. The van der Waals surface area contributed by atoms with Crippen molar-refractivity contribution in [2.45, 2.75) is 56.1 Å². The lowest BCUT2D eigenvalue weighted by Crippen LogP contribution is -2.47.